The maximum atomic E-state index is 12.3. The highest BCUT2D eigenvalue weighted by molar-refractivity contribution is 5.76. The van der Waals surface area contributed by atoms with Crippen molar-refractivity contribution in [3.05, 3.63) is 30.1 Å². The molecule has 0 aliphatic carbocycles. The van der Waals surface area contributed by atoms with Crippen molar-refractivity contribution in [1.29, 1.82) is 0 Å². The Morgan fingerprint density at radius 3 is 2.76 bits per heavy atom. The van der Waals surface area contributed by atoms with Gasteiger partial charge < -0.3 is 15.4 Å². The van der Waals surface area contributed by atoms with E-state index in [2.05, 4.69) is 4.98 Å². The first-order chi connectivity index (χ1) is 10.3. The molecule has 0 fully saturated rings. The first-order valence-corrected chi connectivity index (χ1v) is 7.64. The van der Waals surface area contributed by atoms with Gasteiger partial charge in [0.25, 0.3) is 0 Å². The highest BCUT2D eigenvalue weighted by Crippen LogP contribution is 2.08. The van der Waals surface area contributed by atoms with Gasteiger partial charge in [0, 0.05) is 26.3 Å². The van der Waals surface area contributed by atoms with E-state index >= 15 is 0 Å². The number of nitrogens with zero attached hydrogens (tertiary/aromatic N) is 2. The monoisotopic (exact) mass is 293 g/mol. The number of ether oxygens (including phenoxy) is 1. The van der Waals surface area contributed by atoms with Crippen molar-refractivity contribution in [2.24, 2.45) is 5.73 Å². The summed E-state index contributed by atoms with van der Waals surface area (Å²) in [6.45, 7) is 2.43. The van der Waals surface area contributed by atoms with E-state index in [1.54, 1.807) is 13.3 Å². The van der Waals surface area contributed by atoms with Crippen LogP contribution in [0.1, 0.15) is 37.8 Å². The van der Waals surface area contributed by atoms with Crippen molar-refractivity contribution < 1.29 is 9.53 Å². The number of carbonyl (C=O) groups is 1. The van der Waals surface area contributed by atoms with E-state index in [1.807, 2.05) is 23.1 Å². The first-order valence-electron chi connectivity index (χ1n) is 7.64. The SMILES string of the molecule is COCCN(Cc1ccccn1)C(=O)CCCCCCN. The minimum atomic E-state index is 0.172. The Labute approximate surface area is 127 Å². The molecule has 0 radical (unpaired) electrons. The number of hydrogen-bond donors (Lipinski definition) is 1. The molecule has 0 aliphatic heterocycles. The lowest BCUT2D eigenvalue weighted by molar-refractivity contribution is -0.132. The van der Waals surface area contributed by atoms with Crippen LogP contribution in [0.5, 0.6) is 0 Å². The van der Waals surface area contributed by atoms with Gasteiger partial charge in [-0.05, 0) is 31.5 Å². The number of unbranched alkanes of at least 4 members (excludes halogenated alkanes) is 3. The predicted octanol–water partition coefficient (Wildman–Crippen LogP) is 1.97. The van der Waals surface area contributed by atoms with Crippen LogP contribution in [-0.2, 0) is 16.1 Å². The van der Waals surface area contributed by atoms with Crippen molar-refractivity contribution in [3.8, 4) is 0 Å². The summed E-state index contributed by atoms with van der Waals surface area (Å²) in [5, 5.41) is 0. The number of rotatable bonds is 11. The van der Waals surface area contributed by atoms with Crippen molar-refractivity contribution in [3.63, 3.8) is 0 Å². The van der Waals surface area contributed by atoms with E-state index in [4.69, 9.17) is 10.5 Å². The fraction of sp³-hybridized carbons (Fsp3) is 0.625. The summed E-state index contributed by atoms with van der Waals surface area (Å²) in [6.07, 6.45) is 6.45. The second-order valence-electron chi connectivity index (χ2n) is 5.08. The molecule has 5 nitrogen and oxygen atoms in total. The molecule has 1 amide bonds. The molecule has 1 heterocycles. The summed E-state index contributed by atoms with van der Waals surface area (Å²) < 4.78 is 5.09. The standard InChI is InChI=1S/C16H27N3O2/c1-21-13-12-19(14-15-8-5-7-11-18-15)16(20)9-4-2-3-6-10-17/h5,7-8,11H,2-4,6,9-10,12-14,17H2,1H3. The molecule has 0 aromatic carbocycles. The van der Waals surface area contributed by atoms with Crippen LogP contribution < -0.4 is 5.73 Å². The summed E-state index contributed by atoms with van der Waals surface area (Å²) in [4.78, 5) is 18.4. The van der Waals surface area contributed by atoms with Crippen LogP contribution in [0, 0.1) is 0 Å². The summed E-state index contributed by atoms with van der Waals surface area (Å²) in [6, 6.07) is 5.75. The third-order valence-corrected chi connectivity index (χ3v) is 3.34. The Bertz CT molecular complexity index is 384. The van der Waals surface area contributed by atoms with E-state index in [-0.39, 0.29) is 5.91 Å². The van der Waals surface area contributed by atoms with Gasteiger partial charge in [-0.1, -0.05) is 18.9 Å². The number of pyridine rings is 1. The number of hydrogen-bond acceptors (Lipinski definition) is 4. The number of nitrogens with two attached hydrogens (primary N) is 1. The van der Waals surface area contributed by atoms with Crippen molar-refractivity contribution in [1.82, 2.24) is 9.88 Å². The Morgan fingerprint density at radius 1 is 1.29 bits per heavy atom. The zero-order valence-electron chi connectivity index (χ0n) is 13.0. The molecule has 0 saturated carbocycles. The Morgan fingerprint density at radius 2 is 2.10 bits per heavy atom. The molecule has 1 aromatic rings. The molecular weight excluding hydrogens is 266 g/mol. The van der Waals surface area contributed by atoms with E-state index in [1.165, 1.54) is 0 Å². The lowest BCUT2D eigenvalue weighted by atomic mass is 10.1. The Kier molecular flexibility index (Phi) is 9.40. The zero-order valence-corrected chi connectivity index (χ0v) is 13.0. The average Bonchev–Trinajstić information content (AvgIpc) is 2.52. The molecule has 2 N–H and O–H groups in total. The van der Waals surface area contributed by atoms with Crippen molar-refractivity contribution >= 4 is 5.91 Å². The predicted molar refractivity (Wildman–Crippen MR) is 83.7 cm³/mol. The summed E-state index contributed by atoms with van der Waals surface area (Å²) in [7, 11) is 1.65. The Hall–Kier alpha value is -1.46. The van der Waals surface area contributed by atoms with Crippen LogP contribution in [0.25, 0.3) is 0 Å². The highest BCUT2D eigenvalue weighted by Gasteiger charge is 2.13. The van der Waals surface area contributed by atoms with Gasteiger partial charge in [-0.3, -0.25) is 9.78 Å². The van der Waals surface area contributed by atoms with Gasteiger partial charge in [-0.25, -0.2) is 0 Å². The number of aromatic nitrogens is 1. The van der Waals surface area contributed by atoms with Gasteiger partial charge in [0.05, 0.1) is 18.8 Å². The molecule has 0 aliphatic rings. The molecule has 5 heteroatoms. The second-order valence-corrected chi connectivity index (χ2v) is 5.08. The molecule has 1 rings (SSSR count). The van der Waals surface area contributed by atoms with Crippen LogP contribution in [0.15, 0.2) is 24.4 Å². The van der Waals surface area contributed by atoms with Gasteiger partial charge in [0.2, 0.25) is 5.91 Å². The van der Waals surface area contributed by atoms with E-state index < -0.39 is 0 Å². The molecular formula is C16H27N3O2. The summed E-state index contributed by atoms with van der Waals surface area (Å²) in [5.41, 5.74) is 6.37. The number of carbonyl (C=O) groups excluding carboxylic acids is 1. The lowest BCUT2D eigenvalue weighted by Crippen LogP contribution is -2.33. The topological polar surface area (TPSA) is 68.5 Å². The van der Waals surface area contributed by atoms with Gasteiger partial charge in [-0.15, -0.1) is 0 Å². The van der Waals surface area contributed by atoms with Crippen LogP contribution in [0.3, 0.4) is 0 Å². The highest BCUT2D eigenvalue weighted by atomic mass is 16.5. The van der Waals surface area contributed by atoms with Crippen molar-refractivity contribution in [2.45, 2.75) is 38.6 Å². The second kappa shape index (κ2) is 11.2. The fourth-order valence-corrected chi connectivity index (χ4v) is 2.11. The third-order valence-electron chi connectivity index (χ3n) is 3.34. The quantitative estimate of drug-likeness (QED) is 0.633. The third kappa shape index (κ3) is 7.78. The maximum absolute atomic E-state index is 12.3. The average molecular weight is 293 g/mol. The normalized spacial score (nSPS) is 10.6. The van der Waals surface area contributed by atoms with E-state index in [0.717, 1.165) is 37.9 Å². The van der Waals surface area contributed by atoms with Gasteiger partial charge in [0.1, 0.15) is 0 Å². The Balaban J connectivity index is 2.42. The molecule has 0 saturated heterocycles. The summed E-state index contributed by atoms with van der Waals surface area (Å²) >= 11 is 0. The van der Waals surface area contributed by atoms with Crippen LogP contribution in [0.2, 0.25) is 0 Å². The largest absolute Gasteiger partial charge is 0.383 e. The molecule has 0 atom stereocenters. The van der Waals surface area contributed by atoms with Crippen LogP contribution >= 0.6 is 0 Å². The van der Waals surface area contributed by atoms with E-state index in [9.17, 15) is 4.79 Å². The lowest BCUT2D eigenvalue weighted by Gasteiger charge is -2.22. The first kappa shape index (κ1) is 17.6. The molecule has 0 bridgehead atoms. The zero-order chi connectivity index (χ0) is 15.3. The fourth-order valence-electron chi connectivity index (χ4n) is 2.11. The van der Waals surface area contributed by atoms with Crippen LogP contribution in [0.4, 0.5) is 0 Å². The molecule has 0 unspecified atom stereocenters. The van der Waals surface area contributed by atoms with Gasteiger partial charge in [0.15, 0.2) is 0 Å². The molecule has 1 aromatic heterocycles. The van der Waals surface area contributed by atoms with E-state index in [0.29, 0.717) is 26.1 Å². The van der Waals surface area contributed by atoms with Gasteiger partial charge in [-0.2, -0.15) is 0 Å². The number of methoxy groups -OCH3 is 1. The van der Waals surface area contributed by atoms with Crippen molar-refractivity contribution in [2.75, 3.05) is 26.8 Å². The van der Waals surface area contributed by atoms with Crippen LogP contribution in [-0.4, -0.2) is 42.6 Å². The molecule has 0 spiro atoms. The minimum Gasteiger partial charge on any atom is -0.383 e. The van der Waals surface area contributed by atoms with Gasteiger partial charge >= 0.3 is 0 Å². The number of amides is 1. The molecule has 118 valence electrons. The summed E-state index contributed by atoms with van der Waals surface area (Å²) in [5.74, 6) is 0.172. The molecule has 21 heavy (non-hydrogen) atoms. The maximum Gasteiger partial charge on any atom is 0.222 e. The smallest absolute Gasteiger partial charge is 0.222 e. The minimum absolute atomic E-state index is 0.172.